The maximum Gasteiger partial charge on any atom is 0.350 e. The second-order valence-electron chi connectivity index (χ2n) is 7.28. The third kappa shape index (κ3) is 6.66. The standard InChI is InChI=1S/C21H31N5O3S.HI/c1-5-28-20(27)18-14(2)24-19(30-18)15(3)25-21(22-4)23-13-16(17-9-8-12-29-17)26-10-6-7-11-26;/h8-9,12,15-16H,5-7,10-11,13H2,1-4H3,(H2,22,23,25);1H. The topological polar surface area (TPSA) is 92.0 Å². The molecule has 1 fully saturated rings. The fraction of sp³-hybridized carbons (Fsp3) is 0.571. The number of esters is 1. The highest BCUT2D eigenvalue weighted by Crippen LogP contribution is 2.26. The first-order valence-electron chi connectivity index (χ1n) is 10.4. The first-order valence-corrected chi connectivity index (χ1v) is 11.2. The molecule has 10 heteroatoms. The van der Waals surface area contributed by atoms with Crippen molar-refractivity contribution in [2.75, 3.05) is 33.3 Å². The Morgan fingerprint density at radius 2 is 2.16 bits per heavy atom. The van der Waals surface area contributed by atoms with Gasteiger partial charge in [-0.15, -0.1) is 35.3 Å². The maximum absolute atomic E-state index is 12.1. The fourth-order valence-corrected chi connectivity index (χ4v) is 4.55. The summed E-state index contributed by atoms with van der Waals surface area (Å²) >= 11 is 1.36. The monoisotopic (exact) mass is 561 g/mol. The number of nitrogens with one attached hydrogen (secondary N) is 2. The van der Waals surface area contributed by atoms with Crippen LogP contribution in [0.2, 0.25) is 0 Å². The number of aliphatic imine (C=N–C) groups is 1. The Labute approximate surface area is 204 Å². The van der Waals surface area contributed by atoms with Crippen LogP contribution in [0.15, 0.2) is 27.8 Å². The molecule has 1 aliphatic heterocycles. The van der Waals surface area contributed by atoms with Crippen LogP contribution < -0.4 is 10.6 Å². The third-order valence-corrected chi connectivity index (χ3v) is 6.46. The van der Waals surface area contributed by atoms with Crippen molar-refractivity contribution < 1.29 is 13.9 Å². The summed E-state index contributed by atoms with van der Waals surface area (Å²) in [6.45, 7) is 8.82. The second kappa shape index (κ2) is 12.4. The number of carbonyl (C=O) groups excluding carboxylic acids is 1. The van der Waals surface area contributed by atoms with Gasteiger partial charge in [0.2, 0.25) is 0 Å². The van der Waals surface area contributed by atoms with Gasteiger partial charge in [-0.3, -0.25) is 9.89 Å². The minimum absolute atomic E-state index is 0. The van der Waals surface area contributed by atoms with Crippen LogP contribution in [-0.2, 0) is 4.74 Å². The smallest absolute Gasteiger partial charge is 0.350 e. The van der Waals surface area contributed by atoms with Crippen molar-refractivity contribution in [3.05, 3.63) is 39.7 Å². The van der Waals surface area contributed by atoms with E-state index in [1.165, 1.54) is 24.2 Å². The zero-order valence-corrected chi connectivity index (χ0v) is 21.7. The summed E-state index contributed by atoms with van der Waals surface area (Å²) < 4.78 is 10.8. The lowest BCUT2D eigenvalue weighted by Crippen LogP contribution is -2.43. The number of rotatable bonds is 8. The number of likely N-dealkylation sites (tertiary alicyclic amines) is 1. The van der Waals surface area contributed by atoms with Gasteiger partial charge in [-0.05, 0) is 58.8 Å². The molecule has 3 heterocycles. The van der Waals surface area contributed by atoms with Gasteiger partial charge in [-0.1, -0.05) is 0 Å². The lowest BCUT2D eigenvalue weighted by Gasteiger charge is -2.27. The van der Waals surface area contributed by atoms with Crippen molar-refractivity contribution >= 4 is 47.2 Å². The van der Waals surface area contributed by atoms with Crippen LogP contribution in [0.1, 0.15) is 64.9 Å². The average Bonchev–Trinajstić information content (AvgIpc) is 3.49. The van der Waals surface area contributed by atoms with E-state index in [4.69, 9.17) is 9.15 Å². The summed E-state index contributed by atoms with van der Waals surface area (Å²) in [5.74, 6) is 1.33. The number of thiazole rings is 1. The molecule has 31 heavy (non-hydrogen) atoms. The Bertz CT molecular complexity index is 849. The summed E-state index contributed by atoms with van der Waals surface area (Å²) in [5.41, 5.74) is 0.692. The van der Waals surface area contributed by atoms with Crippen molar-refractivity contribution in [2.24, 2.45) is 4.99 Å². The summed E-state index contributed by atoms with van der Waals surface area (Å²) in [4.78, 5) is 24.0. The van der Waals surface area contributed by atoms with Gasteiger partial charge in [0.15, 0.2) is 5.96 Å². The second-order valence-corrected chi connectivity index (χ2v) is 8.31. The van der Waals surface area contributed by atoms with Crippen LogP contribution in [0.4, 0.5) is 0 Å². The molecule has 172 valence electrons. The minimum atomic E-state index is -0.319. The Morgan fingerprint density at radius 1 is 1.42 bits per heavy atom. The minimum Gasteiger partial charge on any atom is -0.468 e. The quantitative estimate of drug-likeness (QED) is 0.219. The molecule has 2 aromatic heterocycles. The van der Waals surface area contributed by atoms with E-state index in [1.807, 2.05) is 26.0 Å². The number of aryl methyl sites for hydroxylation is 1. The SMILES string of the molecule is CCOC(=O)c1sc(C(C)NC(=NC)NCC(c2ccco2)N2CCCC2)nc1C.I. The Morgan fingerprint density at radius 3 is 2.77 bits per heavy atom. The molecule has 0 aromatic carbocycles. The van der Waals surface area contributed by atoms with Crippen LogP contribution in [0.25, 0.3) is 0 Å². The first-order chi connectivity index (χ1) is 14.5. The van der Waals surface area contributed by atoms with E-state index in [0.717, 1.165) is 23.9 Å². The number of hydrogen-bond donors (Lipinski definition) is 2. The van der Waals surface area contributed by atoms with E-state index < -0.39 is 0 Å². The molecule has 1 aliphatic rings. The van der Waals surface area contributed by atoms with Gasteiger partial charge < -0.3 is 19.8 Å². The molecule has 0 bridgehead atoms. The molecular formula is C21H32IN5O3S. The van der Waals surface area contributed by atoms with Gasteiger partial charge in [-0.2, -0.15) is 0 Å². The molecule has 2 aromatic rings. The largest absolute Gasteiger partial charge is 0.468 e. The number of halogens is 1. The van der Waals surface area contributed by atoms with Gasteiger partial charge in [0, 0.05) is 13.6 Å². The summed E-state index contributed by atoms with van der Waals surface area (Å²) in [5, 5.41) is 7.61. The fourth-order valence-electron chi connectivity index (χ4n) is 3.59. The molecule has 2 atom stereocenters. The molecule has 0 saturated carbocycles. The number of aromatic nitrogens is 1. The highest BCUT2D eigenvalue weighted by molar-refractivity contribution is 14.0. The predicted molar refractivity (Wildman–Crippen MR) is 133 cm³/mol. The van der Waals surface area contributed by atoms with Crippen LogP contribution in [0.3, 0.4) is 0 Å². The number of ether oxygens (including phenoxy) is 1. The maximum atomic E-state index is 12.1. The number of carbonyl (C=O) groups is 1. The number of furan rings is 1. The van der Waals surface area contributed by atoms with Crippen molar-refractivity contribution in [1.82, 2.24) is 20.5 Å². The van der Waals surface area contributed by atoms with E-state index in [9.17, 15) is 4.79 Å². The molecule has 0 amide bonds. The highest BCUT2D eigenvalue weighted by atomic mass is 127. The van der Waals surface area contributed by atoms with Crippen LogP contribution >= 0.6 is 35.3 Å². The first kappa shape index (κ1) is 25.6. The predicted octanol–water partition coefficient (Wildman–Crippen LogP) is 3.90. The Balaban J connectivity index is 0.00000341. The summed E-state index contributed by atoms with van der Waals surface area (Å²) in [7, 11) is 1.75. The number of nitrogens with zero attached hydrogens (tertiary/aromatic N) is 3. The van der Waals surface area contributed by atoms with Gasteiger partial charge in [-0.25, -0.2) is 9.78 Å². The molecule has 8 nitrogen and oxygen atoms in total. The van der Waals surface area contributed by atoms with Crippen molar-refractivity contribution in [1.29, 1.82) is 0 Å². The molecule has 2 unspecified atom stereocenters. The normalized spacial score (nSPS) is 16.5. The molecule has 3 rings (SSSR count). The summed E-state index contributed by atoms with van der Waals surface area (Å²) in [6.07, 6.45) is 4.15. The lowest BCUT2D eigenvalue weighted by molar-refractivity contribution is 0.0531. The van der Waals surface area contributed by atoms with Gasteiger partial charge in [0.1, 0.15) is 15.6 Å². The van der Waals surface area contributed by atoms with Crippen molar-refractivity contribution in [2.45, 2.75) is 45.7 Å². The molecule has 0 aliphatic carbocycles. The van der Waals surface area contributed by atoms with Crippen LogP contribution in [0.5, 0.6) is 0 Å². The van der Waals surface area contributed by atoms with Crippen molar-refractivity contribution in [3.8, 4) is 0 Å². The van der Waals surface area contributed by atoms with Gasteiger partial charge >= 0.3 is 5.97 Å². The third-order valence-electron chi connectivity index (χ3n) is 5.14. The van der Waals surface area contributed by atoms with Gasteiger partial charge in [0.05, 0.1) is 30.6 Å². The van der Waals surface area contributed by atoms with E-state index in [-0.39, 0.29) is 42.0 Å². The molecule has 1 saturated heterocycles. The Hall–Kier alpha value is -1.66. The van der Waals surface area contributed by atoms with Crippen LogP contribution in [0, 0.1) is 6.92 Å². The number of hydrogen-bond acceptors (Lipinski definition) is 7. The molecule has 0 radical (unpaired) electrons. The molecule has 0 spiro atoms. The zero-order valence-electron chi connectivity index (χ0n) is 18.5. The molecule has 2 N–H and O–H groups in total. The highest BCUT2D eigenvalue weighted by Gasteiger charge is 2.26. The molecular weight excluding hydrogens is 529 g/mol. The average molecular weight is 561 g/mol. The number of guanidine groups is 1. The van der Waals surface area contributed by atoms with E-state index >= 15 is 0 Å². The van der Waals surface area contributed by atoms with E-state index in [1.54, 1.807) is 20.2 Å². The van der Waals surface area contributed by atoms with Crippen LogP contribution in [-0.4, -0.2) is 55.1 Å². The zero-order chi connectivity index (χ0) is 21.5. The van der Waals surface area contributed by atoms with E-state index in [2.05, 4.69) is 25.5 Å². The van der Waals surface area contributed by atoms with Crippen molar-refractivity contribution in [3.63, 3.8) is 0 Å². The lowest BCUT2D eigenvalue weighted by atomic mass is 10.2. The van der Waals surface area contributed by atoms with E-state index in [0.29, 0.717) is 29.7 Å². The van der Waals surface area contributed by atoms with Gasteiger partial charge in [0.25, 0.3) is 0 Å². The summed E-state index contributed by atoms with van der Waals surface area (Å²) in [6, 6.07) is 4.02. The Kier molecular flexibility index (Phi) is 10.2.